The Balaban J connectivity index is 1.87. The number of amides is 2. The van der Waals surface area contributed by atoms with E-state index in [1.165, 1.54) is 11.3 Å². The standard InChI is InChI=1S/C19H17N3O4S/c1-11-21-15(13-7-8-27-10-13)17(26-11)19(25)22-14(16(23)18(20)24)9-12-5-3-2-4-6-12/h2-8,10,14H,9H2,1H3,(H2,20,24)(H,22,25). The van der Waals surface area contributed by atoms with Crippen molar-refractivity contribution in [1.82, 2.24) is 10.3 Å². The van der Waals surface area contributed by atoms with E-state index in [4.69, 9.17) is 10.2 Å². The maximum absolute atomic E-state index is 12.8. The number of thiophene rings is 1. The molecule has 27 heavy (non-hydrogen) atoms. The molecule has 3 aromatic rings. The molecule has 0 saturated heterocycles. The third-order valence-electron chi connectivity index (χ3n) is 3.88. The number of hydrogen-bond donors (Lipinski definition) is 2. The van der Waals surface area contributed by atoms with Gasteiger partial charge in [-0.05, 0) is 17.0 Å². The lowest BCUT2D eigenvalue weighted by Crippen LogP contribution is -2.47. The highest BCUT2D eigenvalue weighted by atomic mass is 32.1. The second-order valence-corrected chi connectivity index (χ2v) is 6.65. The van der Waals surface area contributed by atoms with Gasteiger partial charge < -0.3 is 15.5 Å². The molecule has 0 aliphatic rings. The van der Waals surface area contributed by atoms with Crippen molar-refractivity contribution >= 4 is 28.9 Å². The van der Waals surface area contributed by atoms with Crippen LogP contribution in [0.2, 0.25) is 0 Å². The lowest BCUT2D eigenvalue weighted by Gasteiger charge is -2.15. The molecule has 0 bridgehead atoms. The summed E-state index contributed by atoms with van der Waals surface area (Å²) in [6.45, 7) is 1.63. The minimum Gasteiger partial charge on any atom is -0.435 e. The molecule has 0 spiro atoms. The van der Waals surface area contributed by atoms with E-state index in [9.17, 15) is 14.4 Å². The second-order valence-electron chi connectivity index (χ2n) is 5.87. The molecule has 1 atom stereocenters. The third-order valence-corrected chi connectivity index (χ3v) is 4.57. The summed E-state index contributed by atoms with van der Waals surface area (Å²) in [7, 11) is 0. The minimum atomic E-state index is -1.11. The fraction of sp³-hybridized carbons (Fsp3) is 0.158. The Morgan fingerprint density at radius 1 is 1.22 bits per heavy atom. The Morgan fingerprint density at radius 2 is 1.96 bits per heavy atom. The number of carbonyl (C=O) groups is 3. The SMILES string of the molecule is Cc1nc(-c2ccsc2)c(C(=O)NC(Cc2ccccc2)C(=O)C(N)=O)o1. The zero-order chi connectivity index (χ0) is 19.4. The van der Waals surface area contributed by atoms with E-state index in [-0.39, 0.29) is 12.2 Å². The van der Waals surface area contributed by atoms with Gasteiger partial charge in [0.1, 0.15) is 11.7 Å². The number of aryl methyl sites for hydroxylation is 1. The number of benzene rings is 1. The van der Waals surface area contributed by atoms with Gasteiger partial charge in [0.2, 0.25) is 11.5 Å². The van der Waals surface area contributed by atoms with Crippen molar-refractivity contribution in [1.29, 1.82) is 0 Å². The topological polar surface area (TPSA) is 115 Å². The van der Waals surface area contributed by atoms with Gasteiger partial charge in [0.15, 0.2) is 5.89 Å². The maximum atomic E-state index is 12.8. The molecule has 0 aliphatic carbocycles. The first-order chi connectivity index (χ1) is 13.0. The van der Waals surface area contributed by atoms with Crippen molar-refractivity contribution in [3.05, 3.63) is 64.4 Å². The Kier molecular flexibility index (Phi) is 5.46. The number of hydrogen-bond acceptors (Lipinski definition) is 6. The van der Waals surface area contributed by atoms with E-state index >= 15 is 0 Å². The number of rotatable bonds is 7. The second kappa shape index (κ2) is 7.96. The molecular formula is C19H17N3O4S. The van der Waals surface area contributed by atoms with E-state index in [0.717, 1.165) is 11.1 Å². The molecule has 3 rings (SSSR count). The summed E-state index contributed by atoms with van der Waals surface area (Å²) in [6, 6.07) is 9.74. The Morgan fingerprint density at radius 3 is 2.59 bits per heavy atom. The predicted octanol–water partition coefficient (Wildman–Crippen LogP) is 2.11. The number of carbonyl (C=O) groups excluding carboxylic acids is 3. The summed E-state index contributed by atoms with van der Waals surface area (Å²) < 4.78 is 5.45. The molecule has 1 unspecified atom stereocenters. The van der Waals surface area contributed by atoms with Gasteiger partial charge in [-0.1, -0.05) is 30.3 Å². The van der Waals surface area contributed by atoms with Gasteiger partial charge in [0, 0.05) is 24.3 Å². The van der Waals surface area contributed by atoms with Crippen LogP contribution in [0, 0.1) is 6.92 Å². The molecule has 2 aromatic heterocycles. The van der Waals surface area contributed by atoms with Crippen molar-refractivity contribution < 1.29 is 18.8 Å². The van der Waals surface area contributed by atoms with Crippen LogP contribution in [0.1, 0.15) is 22.0 Å². The quantitative estimate of drug-likeness (QED) is 0.606. The Hall–Kier alpha value is -3.26. The first kappa shape index (κ1) is 18.5. The van der Waals surface area contributed by atoms with Crippen LogP contribution in [0.4, 0.5) is 0 Å². The van der Waals surface area contributed by atoms with Crippen LogP contribution in [-0.4, -0.2) is 28.6 Å². The zero-order valence-corrected chi connectivity index (χ0v) is 15.3. The molecule has 2 amide bonds. The first-order valence-electron chi connectivity index (χ1n) is 8.14. The van der Waals surface area contributed by atoms with Crippen molar-refractivity contribution in [3.63, 3.8) is 0 Å². The third kappa shape index (κ3) is 4.29. The van der Waals surface area contributed by atoms with E-state index in [0.29, 0.717) is 11.6 Å². The van der Waals surface area contributed by atoms with E-state index in [2.05, 4.69) is 10.3 Å². The molecule has 8 heteroatoms. The number of nitrogens with zero attached hydrogens (tertiary/aromatic N) is 1. The number of primary amides is 1. The maximum Gasteiger partial charge on any atom is 0.290 e. The summed E-state index contributed by atoms with van der Waals surface area (Å²) in [5.41, 5.74) is 7.05. The molecule has 7 nitrogen and oxygen atoms in total. The highest BCUT2D eigenvalue weighted by Crippen LogP contribution is 2.26. The fourth-order valence-electron chi connectivity index (χ4n) is 2.63. The predicted molar refractivity (Wildman–Crippen MR) is 100 cm³/mol. The highest BCUT2D eigenvalue weighted by molar-refractivity contribution is 7.08. The van der Waals surface area contributed by atoms with E-state index in [1.54, 1.807) is 31.2 Å². The zero-order valence-electron chi connectivity index (χ0n) is 14.5. The van der Waals surface area contributed by atoms with E-state index in [1.807, 2.05) is 22.9 Å². The number of nitrogens with two attached hydrogens (primary N) is 1. The monoisotopic (exact) mass is 383 g/mol. The van der Waals surface area contributed by atoms with Crippen LogP contribution in [0.5, 0.6) is 0 Å². The Bertz CT molecular complexity index is 964. The Labute approximate surface area is 159 Å². The van der Waals surface area contributed by atoms with Crippen molar-refractivity contribution in [2.24, 2.45) is 5.73 Å². The summed E-state index contributed by atoms with van der Waals surface area (Å²) >= 11 is 1.46. The molecule has 0 saturated carbocycles. The fourth-order valence-corrected chi connectivity index (χ4v) is 3.27. The largest absolute Gasteiger partial charge is 0.435 e. The molecule has 3 N–H and O–H groups in total. The number of oxazole rings is 1. The molecule has 2 heterocycles. The number of nitrogens with one attached hydrogen (secondary N) is 1. The summed E-state index contributed by atoms with van der Waals surface area (Å²) in [5.74, 6) is -2.31. The van der Waals surface area contributed by atoms with Gasteiger partial charge in [-0.2, -0.15) is 11.3 Å². The van der Waals surface area contributed by atoms with Crippen molar-refractivity contribution in [3.8, 4) is 11.3 Å². The van der Waals surface area contributed by atoms with Gasteiger partial charge in [-0.3, -0.25) is 14.4 Å². The number of ketones is 1. The number of Topliss-reactive ketones (excluding diaryl/α,β-unsaturated/α-hetero) is 1. The van der Waals surface area contributed by atoms with Crippen LogP contribution in [-0.2, 0) is 16.0 Å². The van der Waals surface area contributed by atoms with Gasteiger partial charge in [0.05, 0.1) is 0 Å². The molecule has 0 aliphatic heterocycles. The van der Waals surface area contributed by atoms with Crippen molar-refractivity contribution in [2.75, 3.05) is 0 Å². The smallest absolute Gasteiger partial charge is 0.290 e. The molecule has 0 radical (unpaired) electrons. The van der Waals surface area contributed by atoms with Crippen LogP contribution in [0.25, 0.3) is 11.3 Å². The van der Waals surface area contributed by atoms with Crippen LogP contribution in [0.15, 0.2) is 51.6 Å². The molecule has 138 valence electrons. The summed E-state index contributed by atoms with van der Waals surface area (Å²) in [6.07, 6.45) is 0.134. The molecule has 0 fully saturated rings. The van der Waals surface area contributed by atoms with Crippen LogP contribution >= 0.6 is 11.3 Å². The normalized spacial score (nSPS) is 11.7. The number of aromatic nitrogens is 1. The first-order valence-corrected chi connectivity index (χ1v) is 9.08. The lowest BCUT2D eigenvalue weighted by atomic mass is 10.0. The summed E-state index contributed by atoms with van der Waals surface area (Å²) in [4.78, 5) is 40.6. The van der Waals surface area contributed by atoms with Gasteiger partial charge in [-0.25, -0.2) is 4.98 Å². The average Bonchev–Trinajstić information content (AvgIpc) is 3.30. The van der Waals surface area contributed by atoms with Crippen LogP contribution in [0.3, 0.4) is 0 Å². The highest BCUT2D eigenvalue weighted by Gasteiger charge is 2.29. The van der Waals surface area contributed by atoms with Gasteiger partial charge >= 0.3 is 0 Å². The lowest BCUT2D eigenvalue weighted by molar-refractivity contribution is -0.137. The molecular weight excluding hydrogens is 366 g/mol. The minimum absolute atomic E-state index is 0.0127. The average molecular weight is 383 g/mol. The van der Waals surface area contributed by atoms with Crippen molar-refractivity contribution in [2.45, 2.75) is 19.4 Å². The van der Waals surface area contributed by atoms with Gasteiger partial charge in [-0.15, -0.1) is 0 Å². The van der Waals surface area contributed by atoms with Gasteiger partial charge in [0.25, 0.3) is 11.8 Å². The van der Waals surface area contributed by atoms with Crippen LogP contribution < -0.4 is 11.1 Å². The summed E-state index contributed by atoms with van der Waals surface area (Å²) in [5, 5.41) is 6.25. The van der Waals surface area contributed by atoms with E-state index < -0.39 is 23.6 Å². The molecule has 1 aromatic carbocycles.